The molecule has 0 aromatic carbocycles. The number of rotatable bonds is 7. The summed E-state index contributed by atoms with van der Waals surface area (Å²) in [6.45, 7) is 4.81. The van der Waals surface area contributed by atoms with Gasteiger partial charge in [-0.05, 0) is 37.6 Å². The zero-order chi connectivity index (χ0) is 16.8. The minimum atomic E-state index is 0.301. The fraction of sp³-hybridized carbons (Fsp3) is 0.278. The van der Waals surface area contributed by atoms with E-state index in [1.165, 1.54) is 0 Å². The summed E-state index contributed by atoms with van der Waals surface area (Å²) in [4.78, 5) is 13.2. The van der Waals surface area contributed by atoms with Gasteiger partial charge in [0.1, 0.15) is 11.6 Å². The van der Waals surface area contributed by atoms with Gasteiger partial charge in [0.05, 0.1) is 18.5 Å². The molecule has 0 spiro atoms. The predicted octanol–water partition coefficient (Wildman–Crippen LogP) is 3.95. The van der Waals surface area contributed by atoms with Gasteiger partial charge in [0, 0.05) is 30.1 Å². The van der Waals surface area contributed by atoms with Crippen molar-refractivity contribution >= 4 is 11.8 Å². The van der Waals surface area contributed by atoms with Gasteiger partial charge in [-0.3, -0.25) is 4.98 Å². The summed E-state index contributed by atoms with van der Waals surface area (Å²) in [6, 6.07) is 9.90. The van der Waals surface area contributed by atoms with E-state index in [2.05, 4.69) is 39.4 Å². The largest absolute Gasteiger partial charge is 0.467 e. The first-order chi connectivity index (χ1) is 11.7. The number of anilines is 2. The van der Waals surface area contributed by atoms with Crippen molar-refractivity contribution < 1.29 is 4.42 Å². The predicted molar refractivity (Wildman–Crippen MR) is 94.7 cm³/mol. The standard InChI is InChI=1S/C18H21N5O/c1-3-13(2)21-18-22-16(14-6-8-19-9-7-14)11-17(23-18)20-12-15-5-4-10-24-15/h4-11,13H,3,12H2,1-2H3,(H2,20,21,22,23)/t13-/m1/s1. The number of nitrogens with one attached hydrogen (secondary N) is 2. The molecule has 0 unspecified atom stereocenters. The van der Waals surface area contributed by atoms with Crippen LogP contribution in [0.4, 0.5) is 11.8 Å². The summed E-state index contributed by atoms with van der Waals surface area (Å²) in [6.07, 6.45) is 6.18. The van der Waals surface area contributed by atoms with Crippen LogP contribution in [-0.4, -0.2) is 21.0 Å². The summed E-state index contributed by atoms with van der Waals surface area (Å²) in [7, 11) is 0. The summed E-state index contributed by atoms with van der Waals surface area (Å²) in [5.41, 5.74) is 1.85. The first kappa shape index (κ1) is 16.0. The van der Waals surface area contributed by atoms with Gasteiger partial charge in [0.15, 0.2) is 0 Å². The minimum absolute atomic E-state index is 0.301. The Hall–Kier alpha value is -2.89. The average molecular weight is 323 g/mol. The van der Waals surface area contributed by atoms with Gasteiger partial charge in [-0.15, -0.1) is 0 Å². The van der Waals surface area contributed by atoms with E-state index in [0.717, 1.165) is 29.3 Å². The molecule has 1 atom stereocenters. The third-order valence-corrected chi connectivity index (χ3v) is 3.71. The highest BCUT2D eigenvalue weighted by Crippen LogP contribution is 2.21. The van der Waals surface area contributed by atoms with Crippen molar-refractivity contribution in [3.63, 3.8) is 0 Å². The van der Waals surface area contributed by atoms with E-state index in [1.807, 2.05) is 30.3 Å². The maximum atomic E-state index is 5.35. The first-order valence-corrected chi connectivity index (χ1v) is 8.07. The van der Waals surface area contributed by atoms with Crippen LogP contribution in [0, 0.1) is 0 Å². The van der Waals surface area contributed by atoms with Gasteiger partial charge in [0.25, 0.3) is 0 Å². The number of aromatic nitrogens is 3. The van der Waals surface area contributed by atoms with Crippen LogP contribution in [0.15, 0.2) is 53.4 Å². The van der Waals surface area contributed by atoms with E-state index in [4.69, 9.17) is 4.42 Å². The fourth-order valence-electron chi connectivity index (χ4n) is 2.19. The highest BCUT2D eigenvalue weighted by Gasteiger charge is 2.09. The van der Waals surface area contributed by atoms with E-state index >= 15 is 0 Å². The fourth-order valence-corrected chi connectivity index (χ4v) is 2.19. The van der Waals surface area contributed by atoms with Crippen LogP contribution in [0.1, 0.15) is 26.0 Å². The quantitative estimate of drug-likeness (QED) is 0.685. The molecule has 3 heterocycles. The smallest absolute Gasteiger partial charge is 0.225 e. The van der Waals surface area contributed by atoms with Crippen LogP contribution in [-0.2, 0) is 6.54 Å². The van der Waals surface area contributed by atoms with Crippen molar-refractivity contribution in [3.05, 3.63) is 54.7 Å². The van der Waals surface area contributed by atoms with Crippen molar-refractivity contribution in [3.8, 4) is 11.3 Å². The van der Waals surface area contributed by atoms with Gasteiger partial charge in [-0.2, -0.15) is 4.98 Å². The summed E-state index contributed by atoms with van der Waals surface area (Å²) in [5, 5.41) is 6.62. The van der Waals surface area contributed by atoms with Crippen molar-refractivity contribution in [1.29, 1.82) is 0 Å². The van der Waals surface area contributed by atoms with Crippen molar-refractivity contribution in [2.24, 2.45) is 0 Å². The molecular weight excluding hydrogens is 302 g/mol. The second kappa shape index (κ2) is 7.59. The minimum Gasteiger partial charge on any atom is -0.467 e. The molecule has 0 bridgehead atoms. The number of pyridine rings is 1. The molecule has 6 heteroatoms. The molecular formula is C18H21N5O. The number of hydrogen-bond acceptors (Lipinski definition) is 6. The molecule has 2 N–H and O–H groups in total. The van der Waals surface area contributed by atoms with Gasteiger partial charge in [0.2, 0.25) is 5.95 Å². The Bertz CT molecular complexity index is 758. The van der Waals surface area contributed by atoms with Crippen molar-refractivity contribution in [2.45, 2.75) is 32.9 Å². The Kier molecular flexibility index (Phi) is 5.05. The van der Waals surface area contributed by atoms with Crippen LogP contribution in [0.2, 0.25) is 0 Å². The molecule has 6 nitrogen and oxygen atoms in total. The zero-order valence-electron chi connectivity index (χ0n) is 13.9. The number of hydrogen-bond donors (Lipinski definition) is 2. The Morgan fingerprint density at radius 2 is 2.00 bits per heavy atom. The summed E-state index contributed by atoms with van der Waals surface area (Å²) < 4.78 is 5.35. The van der Waals surface area contributed by atoms with E-state index in [9.17, 15) is 0 Å². The lowest BCUT2D eigenvalue weighted by Gasteiger charge is -2.14. The Morgan fingerprint density at radius 1 is 1.17 bits per heavy atom. The van der Waals surface area contributed by atoms with E-state index in [1.54, 1.807) is 18.7 Å². The molecule has 3 aromatic rings. The second-order valence-electron chi connectivity index (χ2n) is 5.58. The second-order valence-corrected chi connectivity index (χ2v) is 5.58. The summed E-state index contributed by atoms with van der Waals surface area (Å²) in [5.74, 6) is 2.22. The van der Waals surface area contributed by atoms with Gasteiger partial charge in [-0.25, -0.2) is 4.98 Å². The highest BCUT2D eigenvalue weighted by molar-refractivity contribution is 5.63. The van der Waals surface area contributed by atoms with Crippen LogP contribution in [0.25, 0.3) is 11.3 Å². The SMILES string of the molecule is CC[C@@H](C)Nc1nc(NCc2ccco2)cc(-c2ccncc2)n1. The van der Waals surface area contributed by atoms with Gasteiger partial charge < -0.3 is 15.1 Å². The highest BCUT2D eigenvalue weighted by atomic mass is 16.3. The number of nitrogens with zero attached hydrogens (tertiary/aromatic N) is 3. The summed E-state index contributed by atoms with van der Waals surface area (Å²) >= 11 is 0. The monoisotopic (exact) mass is 323 g/mol. The third-order valence-electron chi connectivity index (χ3n) is 3.71. The first-order valence-electron chi connectivity index (χ1n) is 8.07. The molecule has 0 amide bonds. The van der Waals surface area contributed by atoms with Crippen LogP contribution < -0.4 is 10.6 Å². The lowest BCUT2D eigenvalue weighted by Crippen LogP contribution is -2.16. The Morgan fingerprint density at radius 3 is 2.71 bits per heavy atom. The van der Waals surface area contributed by atoms with E-state index in [0.29, 0.717) is 18.5 Å². The van der Waals surface area contributed by atoms with Crippen LogP contribution in [0.5, 0.6) is 0 Å². The molecule has 0 saturated carbocycles. The van der Waals surface area contributed by atoms with Crippen molar-refractivity contribution in [1.82, 2.24) is 15.0 Å². The van der Waals surface area contributed by atoms with Gasteiger partial charge >= 0.3 is 0 Å². The topological polar surface area (TPSA) is 75.9 Å². The van der Waals surface area contributed by atoms with Gasteiger partial charge in [-0.1, -0.05) is 6.92 Å². The molecule has 124 valence electrons. The molecule has 24 heavy (non-hydrogen) atoms. The molecule has 3 aromatic heterocycles. The number of furan rings is 1. The molecule has 0 aliphatic heterocycles. The Balaban J connectivity index is 1.87. The average Bonchev–Trinajstić information content (AvgIpc) is 3.14. The Labute approximate surface area is 141 Å². The third kappa shape index (κ3) is 4.10. The maximum absolute atomic E-state index is 5.35. The van der Waals surface area contributed by atoms with Crippen LogP contribution >= 0.6 is 0 Å². The van der Waals surface area contributed by atoms with Crippen LogP contribution in [0.3, 0.4) is 0 Å². The van der Waals surface area contributed by atoms with E-state index < -0.39 is 0 Å². The zero-order valence-corrected chi connectivity index (χ0v) is 13.9. The molecule has 0 saturated heterocycles. The molecule has 0 aliphatic rings. The van der Waals surface area contributed by atoms with E-state index in [-0.39, 0.29) is 0 Å². The lowest BCUT2D eigenvalue weighted by atomic mass is 10.2. The normalized spacial score (nSPS) is 11.9. The maximum Gasteiger partial charge on any atom is 0.225 e. The molecule has 0 aliphatic carbocycles. The lowest BCUT2D eigenvalue weighted by molar-refractivity contribution is 0.518. The molecule has 3 rings (SSSR count). The molecule has 0 fully saturated rings. The van der Waals surface area contributed by atoms with Crippen molar-refractivity contribution in [2.75, 3.05) is 10.6 Å². The molecule has 0 radical (unpaired) electrons.